The lowest BCUT2D eigenvalue weighted by Crippen LogP contribution is -2.31. The van der Waals surface area contributed by atoms with Gasteiger partial charge in [0, 0.05) is 19.4 Å². The molecular formula is C16H29NO3. The quantitative estimate of drug-likeness (QED) is 0.719. The van der Waals surface area contributed by atoms with Crippen molar-refractivity contribution in [2.75, 3.05) is 6.54 Å². The molecule has 0 radical (unpaired) electrons. The molecule has 0 heterocycles. The van der Waals surface area contributed by atoms with Gasteiger partial charge >= 0.3 is 5.97 Å². The van der Waals surface area contributed by atoms with Crippen molar-refractivity contribution in [1.29, 1.82) is 0 Å². The third-order valence-electron chi connectivity index (χ3n) is 4.45. The second-order valence-electron chi connectivity index (χ2n) is 7.14. The minimum absolute atomic E-state index is 0.0775. The van der Waals surface area contributed by atoms with E-state index < -0.39 is 5.97 Å². The summed E-state index contributed by atoms with van der Waals surface area (Å²) >= 11 is 0. The smallest absolute Gasteiger partial charge is 0.303 e. The Morgan fingerprint density at radius 2 is 1.90 bits per heavy atom. The maximum atomic E-state index is 11.7. The highest BCUT2D eigenvalue weighted by Crippen LogP contribution is 2.32. The fourth-order valence-corrected chi connectivity index (χ4v) is 2.73. The van der Waals surface area contributed by atoms with E-state index in [1.807, 2.05) is 0 Å². The van der Waals surface area contributed by atoms with Gasteiger partial charge in [0.05, 0.1) is 0 Å². The van der Waals surface area contributed by atoms with Gasteiger partial charge in [0.15, 0.2) is 0 Å². The van der Waals surface area contributed by atoms with Gasteiger partial charge in [-0.3, -0.25) is 9.59 Å². The van der Waals surface area contributed by atoms with Gasteiger partial charge in [-0.2, -0.15) is 0 Å². The fourth-order valence-electron chi connectivity index (χ4n) is 2.73. The molecule has 20 heavy (non-hydrogen) atoms. The van der Waals surface area contributed by atoms with Gasteiger partial charge in [-0.05, 0) is 42.9 Å². The van der Waals surface area contributed by atoms with Crippen LogP contribution in [0.2, 0.25) is 0 Å². The number of nitrogens with one attached hydrogen (secondary N) is 1. The molecule has 4 nitrogen and oxygen atoms in total. The second kappa shape index (κ2) is 7.65. The molecular weight excluding hydrogens is 254 g/mol. The van der Waals surface area contributed by atoms with Crippen molar-refractivity contribution in [1.82, 2.24) is 5.32 Å². The number of amides is 1. The van der Waals surface area contributed by atoms with Gasteiger partial charge in [-0.15, -0.1) is 0 Å². The molecule has 1 unspecified atom stereocenters. The van der Waals surface area contributed by atoms with Gasteiger partial charge < -0.3 is 10.4 Å². The maximum absolute atomic E-state index is 11.7. The summed E-state index contributed by atoms with van der Waals surface area (Å²) in [5.74, 6) is 0.330. The molecule has 0 bridgehead atoms. The summed E-state index contributed by atoms with van der Waals surface area (Å²) in [6, 6.07) is 0. The van der Waals surface area contributed by atoms with Crippen LogP contribution in [0.1, 0.15) is 65.7 Å². The molecule has 1 atom stereocenters. The first-order valence-electron chi connectivity index (χ1n) is 7.77. The lowest BCUT2D eigenvalue weighted by Gasteiger charge is -2.31. The van der Waals surface area contributed by atoms with E-state index in [0.29, 0.717) is 31.2 Å². The summed E-state index contributed by atoms with van der Waals surface area (Å²) in [5.41, 5.74) is 0.0775. The Morgan fingerprint density at radius 1 is 1.25 bits per heavy atom. The molecule has 0 aromatic rings. The average Bonchev–Trinajstić information content (AvgIpc) is 2.26. The van der Waals surface area contributed by atoms with Crippen LogP contribution >= 0.6 is 0 Å². The highest BCUT2D eigenvalue weighted by atomic mass is 16.4. The molecule has 0 aromatic carbocycles. The molecule has 2 N–H and O–H groups in total. The number of carboxylic acid groups (broad SMARTS) is 1. The van der Waals surface area contributed by atoms with Gasteiger partial charge in [-0.25, -0.2) is 0 Å². The Hall–Kier alpha value is -1.06. The summed E-state index contributed by atoms with van der Waals surface area (Å²) < 4.78 is 0. The maximum Gasteiger partial charge on any atom is 0.303 e. The Kier molecular flexibility index (Phi) is 6.50. The number of hydrogen-bond donors (Lipinski definition) is 2. The van der Waals surface area contributed by atoms with Gasteiger partial charge in [0.2, 0.25) is 5.91 Å². The standard InChI is InChI=1S/C16H29NO3/c1-16(2,3)13(7-8-15(19)20)9-10-17-14(18)11-12-5-4-6-12/h12-13H,4-11H2,1-3H3,(H,17,18)(H,19,20). The van der Waals surface area contributed by atoms with Gasteiger partial charge in [0.1, 0.15) is 0 Å². The summed E-state index contributed by atoms with van der Waals surface area (Å²) in [5, 5.41) is 11.8. The van der Waals surface area contributed by atoms with Crippen LogP contribution in [0.15, 0.2) is 0 Å². The fraction of sp³-hybridized carbons (Fsp3) is 0.875. The number of rotatable bonds is 8. The number of aliphatic carboxylic acids is 1. The van der Waals surface area contributed by atoms with E-state index in [1.54, 1.807) is 0 Å². The van der Waals surface area contributed by atoms with Crippen molar-refractivity contribution in [3.63, 3.8) is 0 Å². The number of hydrogen-bond acceptors (Lipinski definition) is 2. The van der Waals surface area contributed by atoms with Gasteiger partial charge in [-0.1, -0.05) is 27.2 Å². The first-order chi connectivity index (χ1) is 9.29. The van der Waals surface area contributed by atoms with Crippen molar-refractivity contribution < 1.29 is 14.7 Å². The molecule has 1 rings (SSSR count). The predicted molar refractivity (Wildman–Crippen MR) is 79.4 cm³/mol. The van der Waals surface area contributed by atoms with Crippen molar-refractivity contribution in [3.8, 4) is 0 Å². The molecule has 0 aromatic heterocycles. The van der Waals surface area contributed by atoms with E-state index in [4.69, 9.17) is 5.11 Å². The third kappa shape index (κ3) is 6.40. The zero-order chi connectivity index (χ0) is 15.2. The SMILES string of the molecule is CC(C)(C)C(CCNC(=O)CC1CCC1)CCC(=O)O. The van der Waals surface area contributed by atoms with Crippen molar-refractivity contribution >= 4 is 11.9 Å². The lowest BCUT2D eigenvalue weighted by atomic mass is 9.76. The first-order valence-corrected chi connectivity index (χ1v) is 7.77. The van der Waals surface area contributed by atoms with Crippen LogP contribution in [0.4, 0.5) is 0 Å². The molecule has 1 aliphatic rings. The van der Waals surface area contributed by atoms with Crippen LogP contribution in [0.5, 0.6) is 0 Å². The molecule has 0 aliphatic heterocycles. The first kappa shape index (κ1) is 17.0. The highest BCUT2D eigenvalue weighted by Gasteiger charge is 2.25. The minimum Gasteiger partial charge on any atom is -0.481 e. The van der Waals surface area contributed by atoms with Gasteiger partial charge in [0.25, 0.3) is 0 Å². The van der Waals surface area contributed by atoms with Crippen molar-refractivity contribution in [2.45, 2.75) is 65.7 Å². The van der Waals surface area contributed by atoms with Crippen molar-refractivity contribution in [2.24, 2.45) is 17.3 Å². The van der Waals surface area contributed by atoms with E-state index in [9.17, 15) is 9.59 Å². The minimum atomic E-state index is -0.742. The van der Waals surface area contributed by atoms with E-state index >= 15 is 0 Å². The van der Waals surface area contributed by atoms with Crippen LogP contribution in [0.3, 0.4) is 0 Å². The molecule has 0 saturated heterocycles. The zero-order valence-corrected chi connectivity index (χ0v) is 13.1. The topological polar surface area (TPSA) is 66.4 Å². The lowest BCUT2D eigenvalue weighted by molar-refractivity contribution is -0.137. The van der Waals surface area contributed by atoms with Crippen LogP contribution in [0.25, 0.3) is 0 Å². The zero-order valence-electron chi connectivity index (χ0n) is 13.1. The molecule has 0 spiro atoms. The van der Waals surface area contributed by atoms with E-state index in [0.717, 1.165) is 6.42 Å². The molecule has 4 heteroatoms. The molecule has 116 valence electrons. The summed E-state index contributed by atoms with van der Waals surface area (Å²) in [6.45, 7) is 7.06. The predicted octanol–water partition coefficient (Wildman–Crippen LogP) is 3.21. The van der Waals surface area contributed by atoms with E-state index in [-0.39, 0.29) is 17.7 Å². The largest absolute Gasteiger partial charge is 0.481 e. The summed E-state index contributed by atoms with van der Waals surface area (Å²) in [6.07, 6.45) is 6.05. The Bertz CT molecular complexity index is 329. The number of carbonyl (C=O) groups excluding carboxylic acids is 1. The Balaban J connectivity index is 2.26. The molecule has 1 fully saturated rings. The van der Waals surface area contributed by atoms with E-state index in [2.05, 4.69) is 26.1 Å². The molecule has 1 saturated carbocycles. The third-order valence-corrected chi connectivity index (χ3v) is 4.45. The van der Waals surface area contributed by atoms with E-state index in [1.165, 1.54) is 19.3 Å². The second-order valence-corrected chi connectivity index (χ2v) is 7.14. The summed E-state index contributed by atoms with van der Waals surface area (Å²) in [4.78, 5) is 22.4. The molecule has 1 aliphatic carbocycles. The normalized spacial score (nSPS) is 17.4. The number of carbonyl (C=O) groups is 2. The van der Waals surface area contributed by atoms with Crippen LogP contribution < -0.4 is 5.32 Å². The average molecular weight is 283 g/mol. The monoisotopic (exact) mass is 283 g/mol. The highest BCUT2D eigenvalue weighted by molar-refractivity contribution is 5.76. The van der Waals surface area contributed by atoms with Crippen LogP contribution in [-0.2, 0) is 9.59 Å². The summed E-state index contributed by atoms with van der Waals surface area (Å²) in [7, 11) is 0. The van der Waals surface area contributed by atoms with Crippen LogP contribution in [-0.4, -0.2) is 23.5 Å². The Morgan fingerprint density at radius 3 is 2.35 bits per heavy atom. The number of carboxylic acids is 1. The van der Waals surface area contributed by atoms with Crippen molar-refractivity contribution in [3.05, 3.63) is 0 Å². The van der Waals surface area contributed by atoms with Crippen LogP contribution in [0, 0.1) is 17.3 Å². The molecule has 1 amide bonds. The Labute approximate surface area is 122 Å².